The van der Waals surface area contributed by atoms with E-state index in [1.165, 1.54) is 27.3 Å². The molecule has 4 aromatic rings. The number of allylic oxidation sites excluding steroid dienone is 1. The lowest BCUT2D eigenvalue weighted by Crippen LogP contribution is -2.19. The fourth-order valence-corrected chi connectivity index (χ4v) is 3.21. The summed E-state index contributed by atoms with van der Waals surface area (Å²) in [5.74, 6) is 0.319. The monoisotopic (exact) mass is 374 g/mol. The zero-order valence-electron chi connectivity index (χ0n) is 15.0. The zero-order chi connectivity index (χ0) is 20.0. The lowest BCUT2D eigenvalue weighted by atomic mass is 10.1. The maximum Gasteiger partial charge on any atom is 0.328 e. The number of rotatable bonds is 3. The van der Waals surface area contributed by atoms with Crippen molar-refractivity contribution in [3.63, 3.8) is 0 Å². The molecule has 9 nitrogen and oxygen atoms in total. The summed E-state index contributed by atoms with van der Waals surface area (Å²) in [5, 5.41) is 21.2. The van der Waals surface area contributed by atoms with Crippen LogP contribution < -0.4 is 5.69 Å². The average Bonchev–Trinajstić information content (AvgIpc) is 3.21. The van der Waals surface area contributed by atoms with E-state index in [2.05, 4.69) is 9.97 Å². The van der Waals surface area contributed by atoms with Gasteiger partial charge in [0.2, 0.25) is 0 Å². The van der Waals surface area contributed by atoms with Crippen LogP contribution in [0.1, 0.15) is 11.4 Å². The van der Waals surface area contributed by atoms with E-state index in [0.29, 0.717) is 22.4 Å². The van der Waals surface area contributed by atoms with Gasteiger partial charge in [0.05, 0.1) is 38.1 Å². The second kappa shape index (κ2) is 6.21. The Balaban J connectivity index is 1.97. The van der Waals surface area contributed by atoms with E-state index < -0.39 is 4.92 Å². The van der Waals surface area contributed by atoms with Gasteiger partial charge in [0, 0.05) is 20.2 Å². The maximum absolute atomic E-state index is 12.2. The van der Waals surface area contributed by atoms with Gasteiger partial charge in [-0.25, -0.2) is 9.78 Å². The first kappa shape index (κ1) is 17.2. The van der Waals surface area contributed by atoms with Crippen molar-refractivity contribution in [3.05, 3.63) is 68.4 Å². The number of hydrogen-bond acceptors (Lipinski definition) is 5. The Hall–Kier alpha value is -4.19. The molecule has 0 fully saturated rings. The number of para-hydroxylation sites is 2. The Bertz CT molecular complexity index is 1360. The van der Waals surface area contributed by atoms with Crippen LogP contribution in [-0.2, 0) is 14.1 Å². The number of nitro groups is 1. The molecule has 4 rings (SSSR count). The van der Waals surface area contributed by atoms with Crippen molar-refractivity contribution in [1.29, 1.82) is 5.26 Å². The summed E-state index contributed by atoms with van der Waals surface area (Å²) in [7, 11) is 3.15. The average molecular weight is 374 g/mol. The highest BCUT2D eigenvalue weighted by Gasteiger charge is 2.19. The number of aromatic nitrogens is 4. The number of nitrogens with zero attached hydrogens (tertiary/aromatic N) is 5. The van der Waals surface area contributed by atoms with Crippen LogP contribution in [-0.4, -0.2) is 24.0 Å². The molecular weight excluding hydrogens is 360 g/mol. The Labute approximate surface area is 157 Å². The molecule has 0 spiro atoms. The SMILES string of the molecule is Cn1c(=O)n(C)c2cc([N+](=O)[O-])c(/C=C(\C#N)c3nc4ccccc4[nH]3)cc21. The molecule has 0 aliphatic carbocycles. The highest BCUT2D eigenvalue weighted by Crippen LogP contribution is 2.29. The third-order valence-electron chi connectivity index (χ3n) is 4.68. The molecule has 2 heterocycles. The maximum atomic E-state index is 12.2. The largest absolute Gasteiger partial charge is 0.337 e. The van der Waals surface area contributed by atoms with E-state index in [0.717, 1.165) is 5.52 Å². The van der Waals surface area contributed by atoms with Crippen LogP contribution in [0.25, 0.3) is 33.7 Å². The quantitative estimate of drug-likeness (QED) is 0.335. The van der Waals surface area contributed by atoms with E-state index in [-0.39, 0.29) is 22.5 Å². The van der Waals surface area contributed by atoms with Gasteiger partial charge in [-0.1, -0.05) is 12.1 Å². The summed E-state index contributed by atoms with van der Waals surface area (Å²) in [6, 6.07) is 12.2. The molecule has 0 aliphatic heterocycles. The number of nitrogens with one attached hydrogen (secondary N) is 1. The molecule has 0 amide bonds. The minimum Gasteiger partial charge on any atom is -0.337 e. The number of fused-ring (bicyclic) bond motifs is 2. The second-order valence-electron chi connectivity index (χ2n) is 6.33. The van der Waals surface area contributed by atoms with Crippen molar-refractivity contribution in [1.82, 2.24) is 19.1 Å². The van der Waals surface area contributed by atoms with Crippen molar-refractivity contribution in [2.75, 3.05) is 0 Å². The molecule has 0 bridgehead atoms. The molecule has 0 saturated heterocycles. The number of aryl methyl sites for hydroxylation is 2. The number of benzene rings is 2. The lowest BCUT2D eigenvalue weighted by molar-refractivity contribution is -0.385. The number of imidazole rings is 2. The third kappa shape index (κ3) is 2.55. The lowest BCUT2D eigenvalue weighted by Gasteiger charge is -2.02. The van der Waals surface area contributed by atoms with Crippen molar-refractivity contribution in [2.24, 2.45) is 14.1 Å². The van der Waals surface area contributed by atoms with Gasteiger partial charge in [0.1, 0.15) is 11.9 Å². The van der Waals surface area contributed by atoms with Crippen LogP contribution >= 0.6 is 0 Å². The number of H-pyrrole nitrogens is 1. The second-order valence-corrected chi connectivity index (χ2v) is 6.33. The minimum absolute atomic E-state index is 0.152. The van der Waals surface area contributed by atoms with Gasteiger partial charge in [0.25, 0.3) is 5.69 Å². The molecule has 0 atom stereocenters. The van der Waals surface area contributed by atoms with Gasteiger partial charge in [-0.05, 0) is 24.3 Å². The van der Waals surface area contributed by atoms with Gasteiger partial charge in [-0.15, -0.1) is 0 Å². The van der Waals surface area contributed by atoms with Crippen LogP contribution in [0.2, 0.25) is 0 Å². The summed E-state index contributed by atoms with van der Waals surface area (Å²) >= 11 is 0. The Kier molecular flexibility index (Phi) is 3.82. The first-order valence-electron chi connectivity index (χ1n) is 8.31. The fraction of sp³-hybridized carbons (Fsp3) is 0.105. The van der Waals surface area contributed by atoms with E-state index in [1.54, 1.807) is 20.2 Å². The molecule has 28 heavy (non-hydrogen) atoms. The molecule has 2 aromatic carbocycles. The molecule has 138 valence electrons. The van der Waals surface area contributed by atoms with Crippen LogP contribution in [0.4, 0.5) is 5.69 Å². The molecule has 0 saturated carbocycles. The van der Waals surface area contributed by atoms with Crippen molar-refractivity contribution >= 4 is 39.4 Å². The predicted octanol–water partition coefficient (Wildman–Crippen LogP) is 2.73. The van der Waals surface area contributed by atoms with Crippen molar-refractivity contribution in [2.45, 2.75) is 0 Å². The normalized spacial score (nSPS) is 11.8. The van der Waals surface area contributed by atoms with Gasteiger partial charge < -0.3 is 4.98 Å². The van der Waals surface area contributed by atoms with E-state index in [4.69, 9.17) is 0 Å². The molecule has 0 aliphatic rings. The van der Waals surface area contributed by atoms with Crippen molar-refractivity contribution in [3.8, 4) is 6.07 Å². The van der Waals surface area contributed by atoms with Crippen LogP contribution in [0.5, 0.6) is 0 Å². The van der Waals surface area contributed by atoms with Gasteiger partial charge >= 0.3 is 5.69 Å². The predicted molar refractivity (Wildman–Crippen MR) is 104 cm³/mol. The van der Waals surface area contributed by atoms with Crippen LogP contribution in [0.15, 0.2) is 41.2 Å². The zero-order valence-corrected chi connectivity index (χ0v) is 15.0. The third-order valence-corrected chi connectivity index (χ3v) is 4.68. The van der Waals surface area contributed by atoms with Gasteiger partial charge in [0.15, 0.2) is 0 Å². The molecule has 0 radical (unpaired) electrons. The highest BCUT2D eigenvalue weighted by molar-refractivity contribution is 5.94. The molecule has 9 heteroatoms. The smallest absolute Gasteiger partial charge is 0.328 e. The Morgan fingerprint density at radius 1 is 1.25 bits per heavy atom. The number of aromatic amines is 1. The fourth-order valence-electron chi connectivity index (χ4n) is 3.21. The summed E-state index contributed by atoms with van der Waals surface area (Å²) in [6.45, 7) is 0. The molecule has 1 N–H and O–H groups in total. The van der Waals surface area contributed by atoms with E-state index in [9.17, 15) is 20.2 Å². The molecular formula is C19H14N6O3. The van der Waals surface area contributed by atoms with Gasteiger partial charge in [-0.3, -0.25) is 19.2 Å². The minimum atomic E-state index is -0.531. The molecule has 2 aromatic heterocycles. The standard InChI is InChI=1S/C19H14N6O3/c1-23-16-8-11(15(25(27)28)9-17(16)24(2)19(23)26)7-12(10-20)18-21-13-5-3-4-6-14(13)22-18/h3-9H,1-2H3,(H,21,22)/b12-7+. The first-order chi connectivity index (χ1) is 13.4. The molecule has 0 unspecified atom stereocenters. The van der Waals surface area contributed by atoms with E-state index >= 15 is 0 Å². The topological polar surface area (TPSA) is 123 Å². The Morgan fingerprint density at radius 2 is 1.93 bits per heavy atom. The van der Waals surface area contributed by atoms with Gasteiger partial charge in [-0.2, -0.15) is 5.26 Å². The van der Waals surface area contributed by atoms with E-state index in [1.807, 2.05) is 24.3 Å². The van der Waals surface area contributed by atoms with Crippen LogP contribution in [0, 0.1) is 21.4 Å². The summed E-state index contributed by atoms with van der Waals surface area (Å²) < 4.78 is 2.75. The number of nitriles is 1. The summed E-state index contributed by atoms with van der Waals surface area (Å²) in [4.78, 5) is 30.6. The highest BCUT2D eigenvalue weighted by atomic mass is 16.6. The Morgan fingerprint density at radius 3 is 2.57 bits per heavy atom. The van der Waals surface area contributed by atoms with Crippen LogP contribution in [0.3, 0.4) is 0 Å². The summed E-state index contributed by atoms with van der Waals surface area (Å²) in [6.07, 6.45) is 1.41. The number of nitro benzene ring substituents is 1. The van der Waals surface area contributed by atoms with Crippen molar-refractivity contribution < 1.29 is 4.92 Å². The number of hydrogen-bond donors (Lipinski definition) is 1. The first-order valence-corrected chi connectivity index (χ1v) is 8.31. The summed E-state index contributed by atoms with van der Waals surface area (Å²) in [5.41, 5.74) is 2.31.